The summed E-state index contributed by atoms with van der Waals surface area (Å²) in [5, 5.41) is 9.21. The summed E-state index contributed by atoms with van der Waals surface area (Å²) in [6.07, 6.45) is 2.02. The first-order valence-electron chi connectivity index (χ1n) is 6.17. The van der Waals surface area contributed by atoms with Gasteiger partial charge in [-0.05, 0) is 30.4 Å². The highest BCUT2D eigenvalue weighted by Gasteiger charge is 2.34. The molecule has 0 radical (unpaired) electrons. The molecule has 0 spiro atoms. The first-order valence-corrected chi connectivity index (χ1v) is 6.17. The van der Waals surface area contributed by atoms with E-state index < -0.39 is 11.9 Å². The van der Waals surface area contributed by atoms with E-state index in [-0.39, 0.29) is 6.10 Å². The molecule has 1 aromatic rings. The summed E-state index contributed by atoms with van der Waals surface area (Å²) in [5.41, 5.74) is 2.20. The number of fused-ring (bicyclic) bond motifs is 1. The zero-order chi connectivity index (χ0) is 12.4. The van der Waals surface area contributed by atoms with E-state index in [2.05, 4.69) is 6.92 Å². The highest BCUT2D eigenvalue weighted by molar-refractivity contribution is 5.72. The quantitative estimate of drug-likeness (QED) is 0.874. The molecule has 0 aliphatic carbocycles. The van der Waals surface area contributed by atoms with Gasteiger partial charge in [0.15, 0.2) is 0 Å². The summed E-state index contributed by atoms with van der Waals surface area (Å²) in [6, 6.07) is 6.00. The molecule has 0 fully saturated rings. The van der Waals surface area contributed by atoms with Gasteiger partial charge in [-0.2, -0.15) is 0 Å². The highest BCUT2D eigenvalue weighted by atomic mass is 16.5. The van der Waals surface area contributed by atoms with Gasteiger partial charge in [-0.1, -0.05) is 32.0 Å². The Balaban J connectivity index is 2.38. The van der Waals surface area contributed by atoms with E-state index in [1.165, 1.54) is 5.56 Å². The predicted molar refractivity (Wildman–Crippen MR) is 65.4 cm³/mol. The van der Waals surface area contributed by atoms with Crippen LogP contribution in [0.4, 0.5) is 0 Å². The van der Waals surface area contributed by atoms with Gasteiger partial charge in [-0.15, -0.1) is 0 Å². The Hall–Kier alpha value is -1.51. The third-order valence-corrected chi connectivity index (χ3v) is 3.44. The van der Waals surface area contributed by atoms with Gasteiger partial charge in [0.05, 0.1) is 5.92 Å². The van der Waals surface area contributed by atoms with Crippen LogP contribution in [0.1, 0.15) is 31.4 Å². The van der Waals surface area contributed by atoms with Crippen LogP contribution >= 0.6 is 0 Å². The van der Waals surface area contributed by atoms with E-state index in [4.69, 9.17) is 4.74 Å². The lowest BCUT2D eigenvalue weighted by Crippen LogP contribution is -2.37. The molecule has 3 heteroatoms. The molecule has 2 unspecified atom stereocenters. The van der Waals surface area contributed by atoms with Crippen molar-refractivity contribution in [2.45, 2.75) is 39.2 Å². The summed E-state index contributed by atoms with van der Waals surface area (Å²) >= 11 is 0. The van der Waals surface area contributed by atoms with E-state index in [1.54, 1.807) is 0 Å². The first kappa shape index (κ1) is 12.0. The summed E-state index contributed by atoms with van der Waals surface area (Å²) in [6.45, 7) is 4.06. The average Bonchev–Trinajstić information content (AvgIpc) is 2.36. The van der Waals surface area contributed by atoms with Gasteiger partial charge >= 0.3 is 5.97 Å². The smallest absolute Gasteiger partial charge is 0.310 e. The fourth-order valence-electron chi connectivity index (χ4n) is 2.44. The van der Waals surface area contributed by atoms with Crippen molar-refractivity contribution >= 4 is 5.97 Å². The SMILES string of the molecule is CCc1cccc2c1OC(CC)C(C(=O)O)C2. The third kappa shape index (κ3) is 2.14. The van der Waals surface area contributed by atoms with Crippen molar-refractivity contribution in [1.82, 2.24) is 0 Å². The monoisotopic (exact) mass is 234 g/mol. The Labute approximate surface area is 101 Å². The third-order valence-electron chi connectivity index (χ3n) is 3.44. The van der Waals surface area contributed by atoms with E-state index in [1.807, 2.05) is 25.1 Å². The van der Waals surface area contributed by atoms with Gasteiger partial charge in [0.1, 0.15) is 11.9 Å². The zero-order valence-corrected chi connectivity index (χ0v) is 10.3. The lowest BCUT2D eigenvalue weighted by atomic mass is 9.88. The summed E-state index contributed by atoms with van der Waals surface area (Å²) < 4.78 is 5.90. The second-order valence-electron chi connectivity index (χ2n) is 4.47. The fraction of sp³-hybridized carbons (Fsp3) is 0.500. The fourth-order valence-corrected chi connectivity index (χ4v) is 2.44. The van der Waals surface area contributed by atoms with Crippen molar-refractivity contribution in [3.8, 4) is 5.75 Å². The molecular weight excluding hydrogens is 216 g/mol. The van der Waals surface area contributed by atoms with Crippen LogP contribution in [0, 0.1) is 5.92 Å². The number of para-hydroxylation sites is 1. The molecule has 0 aromatic heterocycles. The maximum atomic E-state index is 11.2. The molecule has 2 atom stereocenters. The molecule has 3 nitrogen and oxygen atoms in total. The standard InChI is InChI=1S/C14H18O3/c1-3-9-6-5-7-10-8-11(14(15)16)12(4-2)17-13(9)10/h5-7,11-12H,3-4,8H2,1-2H3,(H,15,16). The minimum atomic E-state index is -0.760. The van der Waals surface area contributed by atoms with Crippen LogP contribution in [-0.4, -0.2) is 17.2 Å². The van der Waals surface area contributed by atoms with E-state index in [0.29, 0.717) is 6.42 Å². The normalized spacial score (nSPS) is 22.7. The molecule has 1 heterocycles. The number of carbonyl (C=O) groups is 1. The van der Waals surface area contributed by atoms with Crippen molar-refractivity contribution in [1.29, 1.82) is 0 Å². The van der Waals surface area contributed by atoms with Crippen molar-refractivity contribution in [2.75, 3.05) is 0 Å². The minimum absolute atomic E-state index is 0.201. The van der Waals surface area contributed by atoms with Gasteiger partial charge in [-0.25, -0.2) is 0 Å². The average molecular weight is 234 g/mol. The molecule has 2 rings (SSSR count). The van der Waals surface area contributed by atoms with Crippen molar-refractivity contribution < 1.29 is 14.6 Å². The molecule has 1 aliphatic heterocycles. The van der Waals surface area contributed by atoms with Gasteiger partial charge in [0.25, 0.3) is 0 Å². The number of carboxylic acids is 1. The zero-order valence-electron chi connectivity index (χ0n) is 10.3. The number of ether oxygens (including phenoxy) is 1. The van der Waals surface area contributed by atoms with Gasteiger partial charge in [0.2, 0.25) is 0 Å². The van der Waals surface area contributed by atoms with Crippen LogP contribution < -0.4 is 4.74 Å². The van der Waals surface area contributed by atoms with Gasteiger partial charge in [-0.3, -0.25) is 4.79 Å². The van der Waals surface area contributed by atoms with Crippen LogP contribution in [0.2, 0.25) is 0 Å². The maximum Gasteiger partial charge on any atom is 0.310 e. The lowest BCUT2D eigenvalue weighted by Gasteiger charge is -2.32. The second-order valence-corrected chi connectivity index (χ2v) is 4.47. The number of aryl methyl sites for hydroxylation is 1. The maximum absolute atomic E-state index is 11.2. The summed E-state index contributed by atoms with van der Waals surface area (Å²) in [4.78, 5) is 11.2. The molecule has 0 saturated carbocycles. The minimum Gasteiger partial charge on any atom is -0.489 e. The molecule has 0 amide bonds. The molecule has 1 N–H and O–H groups in total. The Morgan fingerprint density at radius 1 is 1.47 bits per heavy atom. The number of hydrogen-bond acceptors (Lipinski definition) is 2. The number of carboxylic acid groups (broad SMARTS) is 1. The van der Waals surface area contributed by atoms with Gasteiger partial charge < -0.3 is 9.84 Å². The predicted octanol–water partition coefficient (Wildman–Crippen LogP) is 2.66. The number of hydrogen-bond donors (Lipinski definition) is 1. The first-order chi connectivity index (χ1) is 8.17. The van der Waals surface area contributed by atoms with Crippen molar-refractivity contribution in [3.05, 3.63) is 29.3 Å². The van der Waals surface area contributed by atoms with Gasteiger partial charge in [0, 0.05) is 0 Å². The Morgan fingerprint density at radius 3 is 2.82 bits per heavy atom. The Morgan fingerprint density at radius 2 is 2.24 bits per heavy atom. The molecule has 92 valence electrons. The summed E-state index contributed by atoms with van der Waals surface area (Å²) in [5.74, 6) is -0.261. The molecule has 1 aromatic carbocycles. The number of aliphatic carboxylic acids is 1. The van der Waals surface area contributed by atoms with Crippen molar-refractivity contribution in [2.24, 2.45) is 5.92 Å². The Bertz CT molecular complexity index is 425. The molecular formula is C14H18O3. The molecule has 0 saturated heterocycles. The van der Waals surface area contributed by atoms with Crippen LogP contribution in [0.25, 0.3) is 0 Å². The number of benzene rings is 1. The molecule has 0 bridgehead atoms. The van der Waals surface area contributed by atoms with E-state index >= 15 is 0 Å². The van der Waals surface area contributed by atoms with Crippen LogP contribution in [-0.2, 0) is 17.6 Å². The Kier molecular flexibility index (Phi) is 3.36. The van der Waals surface area contributed by atoms with Crippen LogP contribution in [0.15, 0.2) is 18.2 Å². The van der Waals surface area contributed by atoms with Crippen LogP contribution in [0.3, 0.4) is 0 Å². The molecule has 1 aliphatic rings. The summed E-state index contributed by atoms with van der Waals surface area (Å²) in [7, 11) is 0. The van der Waals surface area contributed by atoms with Crippen LogP contribution in [0.5, 0.6) is 5.75 Å². The highest BCUT2D eigenvalue weighted by Crippen LogP contribution is 2.35. The lowest BCUT2D eigenvalue weighted by molar-refractivity contribution is -0.145. The second kappa shape index (κ2) is 4.78. The topological polar surface area (TPSA) is 46.5 Å². The number of rotatable bonds is 3. The van der Waals surface area contributed by atoms with E-state index in [0.717, 1.165) is 24.2 Å². The van der Waals surface area contributed by atoms with E-state index in [9.17, 15) is 9.90 Å². The van der Waals surface area contributed by atoms with Crippen molar-refractivity contribution in [3.63, 3.8) is 0 Å². The molecule has 17 heavy (non-hydrogen) atoms. The largest absolute Gasteiger partial charge is 0.489 e.